The monoisotopic (exact) mass is 316 g/mol. The van der Waals surface area contributed by atoms with E-state index in [1.807, 2.05) is 43.5 Å². The van der Waals surface area contributed by atoms with Crippen LogP contribution in [0.3, 0.4) is 0 Å². The number of nitrogens with one attached hydrogen (secondary N) is 2. The highest BCUT2D eigenvalue weighted by Crippen LogP contribution is 2.22. The SMILES string of the molecule is Cc1cnc(C(C)NCc2cc(-c3ccc(Cl)cc3)on2)[nH]1. The van der Waals surface area contributed by atoms with Gasteiger partial charge in [0.2, 0.25) is 0 Å². The van der Waals surface area contributed by atoms with E-state index in [0.29, 0.717) is 11.6 Å². The number of nitrogens with zero attached hydrogens (tertiary/aromatic N) is 2. The van der Waals surface area contributed by atoms with Gasteiger partial charge in [0.15, 0.2) is 5.76 Å². The lowest BCUT2D eigenvalue weighted by Crippen LogP contribution is -2.19. The Labute approximate surface area is 133 Å². The van der Waals surface area contributed by atoms with Crippen molar-refractivity contribution in [2.24, 2.45) is 0 Å². The number of hydrogen-bond donors (Lipinski definition) is 2. The third kappa shape index (κ3) is 3.37. The predicted octanol–water partition coefficient (Wildman–Crippen LogP) is 3.88. The van der Waals surface area contributed by atoms with Crippen LogP contribution in [0.25, 0.3) is 11.3 Å². The van der Waals surface area contributed by atoms with Crippen LogP contribution in [-0.2, 0) is 6.54 Å². The smallest absolute Gasteiger partial charge is 0.167 e. The molecule has 2 heterocycles. The molecule has 3 rings (SSSR count). The van der Waals surface area contributed by atoms with Crippen LogP contribution in [0.2, 0.25) is 5.02 Å². The zero-order valence-corrected chi connectivity index (χ0v) is 13.2. The highest BCUT2D eigenvalue weighted by atomic mass is 35.5. The zero-order valence-electron chi connectivity index (χ0n) is 12.4. The number of rotatable bonds is 5. The van der Waals surface area contributed by atoms with Crippen LogP contribution in [0.15, 0.2) is 41.1 Å². The van der Waals surface area contributed by atoms with E-state index in [2.05, 4.69) is 27.4 Å². The first kappa shape index (κ1) is 14.8. The van der Waals surface area contributed by atoms with Crippen molar-refractivity contribution in [3.63, 3.8) is 0 Å². The standard InChI is InChI=1S/C16H17ClN4O/c1-10-8-19-16(20-10)11(2)18-9-14-7-15(22-21-14)12-3-5-13(17)6-4-12/h3-8,11,18H,9H2,1-2H3,(H,19,20). The van der Waals surface area contributed by atoms with Gasteiger partial charge in [0.05, 0.1) is 11.7 Å². The molecule has 0 fully saturated rings. The molecule has 3 aromatic rings. The van der Waals surface area contributed by atoms with E-state index < -0.39 is 0 Å². The first-order chi connectivity index (χ1) is 10.6. The number of halogens is 1. The molecule has 0 aliphatic heterocycles. The van der Waals surface area contributed by atoms with Crippen molar-refractivity contribution in [1.29, 1.82) is 0 Å². The van der Waals surface area contributed by atoms with E-state index in [1.165, 1.54) is 0 Å². The van der Waals surface area contributed by atoms with Crippen LogP contribution in [0.5, 0.6) is 0 Å². The van der Waals surface area contributed by atoms with Crippen LogP contribution < -0.4 is 5.32 Å². The average Bonchev–Trinajstić information content (AvgIpc) is 3.15. The molecule has 0 amide bonds. The summed E-state index contributed by atoms with van der Waals surface area (Å²) >= 11 is 5.88. The van der Waals surface area contributed by atoms with Gasteiger partial charge in [-0.15, -0.1) is 0 Å². The molecule has 0 saturated carbocycles. The van der Waals surface area contributed by atoms with Crippen LogP contribution >= 0.6 is 11.6 Å². The van der Waals surface area contributed by atoms with Crippen LogP contribution in [0.1, 0.15) is 30.2 Å². The lowest BCUT2D eigenvalue weighted by Gasteiger charge is -2.09. The van der Waals surface area contributed by atoms with Crippen molar-refractivity contribution < 1.29 is 4.52 Å². The molecule has 0 saturated heterocycles. The van der Waals surface area contributed by atoms with E-state index in [1.54, 1.807) is 0 Å². The van der Waals surface area contributed by atoms with Gasteiger partial charge in [-0.25, -0.2) is 4.98 Å². The zero-order chi connectivity index (χ0) is 15.5. The summed E-state index contributed by atoms with van der Waals surface area (Å²) in [7, 11) is 0. The number of aryl methyl sites for hydroxylation is 1. The highest BCUT2D eigenvalue weighted by molar-refractivity contribution is 6.30. The molecular formula is C16H17ClN4O. The Hall–Kier alpha value is -2.11. The molecule has 114 valence electrons. The van der Waals surface area contributed by atoms with Crippen LogP contribution in [0.4, 0.5) is 0 Å². The van der Waals surface area contributed by atoms with E-state index >= 15 is 0 Å². The maximum absolute atomic E-state index is 5.88. The van der Waals surface area contributed by atoms with Crippen molar-refractivity contribution in [3.8, 4) is 11.3 Å². The van der Waals surface area contributed by atoms with E-state index in [-0.39, 0.29) is 6.04 Å². The summed E-state index contributed by atoms with van der Waals surface area (Å²) in [4.78, 5) is 7.53. The third-order valence-corrected chi connectivity index (χ3v) is 3.66. The summed E-state index contributed by atoms with van der Waals surface area (Å²) in [6, 6.07) is 9.53. The Morgan fingerprint density at radius 3 is 2.77 bits per heavy atom. The first-order valence-corrected chi connectivity index (χ1v) is 7.46. The highest BCUT2D eigenvalue weighted by Gasteiger charge is 2.11. The molecule has 2 aromatic heterocycles. The van der Waals surface area contributed by atoms with Gasteiger partial charge in [0, 0.05) is 35.1 Å². The molecule has 1 atom stereocenters. The van der Waals surface area contributed by atoms with E-state index in [9.17, 15) is 0 Å². The van der Waals surface area contributed by atoms with Crippen molar-refractivity contribution >= 4 is 11.6 Å². The molecule has 0 bridgehead atoms. The average molecular weight is 317 g/mol. The lowest BCUT2D eigenvalue weighted by atomic mass is 10.1. The number of aromatic amines is 1. The normalized spacial score (nSPS) is 12.5. The lowest BCUT2D eigenvalue weighted by molar-refractivity contribution is 0.416. The Bertz CT molecular complexity index is 748. The first-order valence-electron chi connectivity index (χ1n) is 7.08. The molecule has 0 aliphatic rings. The molecule has 5 nitrogen and oxygen atoms in total. The summed E-state index contributed by atoms with van der Waals surface area (Å²) in [6.07, 6.45) is 1.82. The topological polar surface area (TPSA) is 66.7 Å². The van der Waals surface area contributed by atoms with Gasteiger partial charge in [-0.05, 0) is 38.1 Å². The quantitative estimate of drug-likeness (QED) is 0.749. The van der Waals surface area contributed by atoms with Gasteiger partial charge in [0.1, 0.15) is 5.82 Å². The Balaban J connectivity index is 1.63. The van der Waals surface area contributed by atoms with Crippen molar-refractivity contribution in [2.45, 2.75) is 26.4 Å². The number of hydrogen-bond acceptors (Lipinski definition) is 4. The number of H-pyrrole nitrogens is 1. The summed E-state index contributed by atoms with van der Waals surface area (Å²) in [5.74, 6) is 1.65. The van der Waals surface area contributed by atoms with Gasteiger partial charge < -0.3 is 14.8 Å². The Kier molecular flexibility index (Phi) is 4.27. The second kappa shape index (κ2) is 6.34. The van der Waals surface area contributed by atoms with Crippen molar-refractivity contribution in [1.82, 2.24) is 20.4 Å². The fourth-order valence-corrected chi connectivity index (χ4v) is 2.28. The second-order valence-electron chi connectivity index (χ2n) is 5.24. The Morgan fingerprint density at radius 2 is 2.09 bits per heavy atom. The van der Waals surface area contributed by atoms with Crippen molar-refractivity contribution in [3.05, 3.63) is 58.8 Å². The maximum Gasteiger partial charge on any atom is 0.167 e. The van der Waals surface area contributed by atoms with Crippen LogP contribution in [-0.4, -0.2) is 15.1 Å². The number of aromatic nitrogens is 3. The summed E-state index contributed by atoms with van der Waals surface area (Å²) in [5.41, 5.74) is 2.85. The Morgan fingerprint density at radius 1 is 1.32 bits per heavy atom. The van der Waals surface area contributed by atoms with Gasteiger partial charge in [-0.1, -0.05) is 16.8 Å². The molecule has 0 radical (unpaired) electrons. The van der Waals surface area contributed by atoms with Gasteiger partial charge in [-0.2, -0.15) is 0 Å². The van der Waals surface area contributed by atoms with Gasteiger partial charge in [-0.3, -0.25) is 0 Å². The molecule has 6 heteroatoms. The summed E-state index contributed by atoms with van der Waals surface area (Å²) in [6.45, 7) is 4.65. The minimum Gasteiger partial charge on any atom is -0.356 e. The molecule has 2 N–H and O–H groups in total. The largest absolute Gasteiger partial charge is 0.356 e. The van der Waals surface area contributed by atoms with Gasteiger partial charge >= 0.3 is 0 Å². The van der Waals surface area contributed by atoms with Crippen LogP contribution in [0, 0.1) is 6.92 Å². The van der Waals surface area contributed by atoms with Gasteiger partial charge in [0.25, 0.3) is 0 Å². The number of imidazole rings is 1. The number of benzene rings is 1. The molecule has 0 aliphatic carbocycles. The molecule has 1 aromatic carbocycles. The predicted molar refractivity (Wildman–Crippen MR) is 85.5 cm³/mol. The molecular weight excluding hydrogens is 300 g/mol. The fraction of sp³-hybridized carbons (Fsp3) is 0.250. The molecule has 0 spiro atoms. The van der Waals surface area contributed by atoms with Crippen molar-refractivity contribution in [2.75, 3.05) is 0 Å². The molecule has 22 heavy (non-hydrogen) atoms. The van der Waals surface area contributed by atoms with E-state index in [4.69, 9.17) is 16.1 Å². The fourth-order valence-electron chi connectivity index (χ4n) is 2.15. The minimum absolute atomic E-state index is 0.115. The maximum atomic E-state index is 5.88. The van der Waals surface area contributed by atoms with E-state index in [0.717, 1.165) is 28.5 Å². The molecule has 1 unspecified atom stereocenters. The third-order valence-electron chi connectivity index (χ3n) is 3.41. The second-order valence-corrected chi connectivity index (χ2v) is 5.68. The summed E-state index contributed by atoms with van der Waals surface area (Å²) in [5, 5.41) is 8.15. The minimum atomic E-state index is 0.115. The summed E-state index contributed by atoms with van der Waals surface area (Å²) < 4.78 is 5.38.